The molecule has 2 unspecified atom stereocenters. The molecule has 0 saturated carbocycles. The van der Waals surface area contributed by atoms with Gasteiger partial charge in [-0.3, -0.25) is 0 Å². The van der Waals surface area contributed by atoms with Gasteiger partial charge >= 0.3 is 0 Å². The van der Waals surface area contributed by atoms with Gasteiger partial charge in [0.25, 0.3) is 0 Å². The SMILES string of the molecule is CCSCC(C)NC(C)c1ccc2c(c1)CCO2. The van der Waals surface area contributed by atoms with Crippen molar-refractivity contribution in [2.45, 2.75) is 39.3 Å². The normalized spacial score (nSPS) is 17.1. The van der Waals surface area contributed by atoms with Crippen LogP contribution in [0.15, 0.2) is 18.2 Å². The van der Waals surface area contributed by atoms with E-state index >= 15 is 0 Å². The van der Waals surface area contributed by atoms with Gasteiger partial charge in [-0.2, -0.15) is 11.8 Å². The number of hydrogen-bond acceptors (Lipinski definition) is 3. The predicted octanol–water partition coefficient (Wildman–Crippen LogP) is 3.41. The lowest BCUT2D eigenvalue weighted by molar-refractivity contribution is 0.356. The Labute approximate surface area is 114 Å². The molecule has 1 aliphatic rings. The van der Waals surface area contributed by atoms with E-state index in [1.54, 1.807) is 0 Å². The number of thioether (sulfide) groups is 1. The summed E-state index contributed by atoms with van der Waals surface area (Å²) in [7, 11) is 0. The van der Waals surface area contributed by atoms with Crippen molar-refractivity contribution in [1.82, 2.24) is 5.32 Å². The van der Waals surface area contributed by atoms with Gasteiger partial charge in [0.2, 0.25) is 0 Å². The molecule has 18 heavy (non-hydrogen) atoms. The molecule has 1 heterocycles. The zero-order valence-corrected chi connectivity index (χ0v) is 12.3. The van der Waals surface area contributed by atoms with Crippen LogP contribution in [0.25, 0.3) is 0 Å². The number of nitrogens with one attached hydrogen (secondary N) is 1. The summed E-state index contributed by atoms with van der Waals surface area (Å²) < 4.78 is 5.54. The highest BCUT2D eigenvalue weighted by Gasteiger charge is 2.15. The lowest BCUT2D eigenvalue weighted by Gasteiger charge is -2.20. The van der Waals surface area contributed by atoms with Gasteiger partial charge in [-0.25, -0.2) is 0 Å². The second-order valence-corrected chi connectivity index (χ2v) is 6.23. The minimum atomic E-state index is 0.406. The largest absolute Gasteiger partial charge is 0.493 e. The van der Waals surface area contributed by atoms with Gasteiger partial charge < -0.3 is 10.1 Å². The zero-order valence-electron chi connectivity index (χ0n) is 11.5. The van der Waals surface area contributed by atoms with Gasteiger partial charge in [0.1, 0.15) is 5.75 Å². The first-order chi connectivity index (χ1) is 8.70. The Morgan fingerprint density at radius 3 is 3.00 bits per heavy atom. The summed E-state index contributed by atoms with van der Waals surface area (Å²) >= 11 is 1.99. The van der Waals surface area contributed by atoms with Crippen molar-refractivity contribution in [1.29, 1.82) is 0 Å². The third-order valence-corrected chi connectivity index (χ3v) is 4.46. The maximum atomic E-state index is 5.54. The highest BCUT2D eigenvalue weighted by Crippen LogP contribution is 2.28. The summed E-state index contributed by atoms with van der Waals surface area (Å²) in [6.07, 6.45) is 1.05. The highest BCUT2D eigenvalue weighted by molar-refractivity contribution is 7.99. The maximum absolute atomic E-state index is 5.54. The van der Waals surface area contributed by atoms with E-state index in [0.29, 0.717) is 12.1 Å². The lowest BCUT2D eigenvalue weighted by atomic mass is 10.0. The Balaban J connectivity index is 1.94. The van der Waals surface area contributed by atoms with E-state index in [1.165, 1.54) is 22.6 Å². The molecule has 0 bridgehead atoms. The monoisotopic (exact) mass is 265 g/mol. The first kappa shape index (κ1) is 13.8. The van der Waals surface area contributed by atoms with E-state index in [9.17, 15) is 0 Å². The molecule has 0 fully saturated rings. The third-order valence-electron chi connectivity index (χ3n) is 3.32. The van der Waals surface area contributed by atoms with Crippen molar-refractivity contribution in [3.8, 4) is 5.75 Å². The molecule has 0 aliphatic carbocycles. The topological polar surface area (TPSA) is 21.3 Å². The number of hydrogen-bond donors (Lipinski definition) is 1. The third kappa shape index (κ3) is 3.42. The molecule has 2 nitrogen and oxygen atoms in total. The van der Waals surface area contributed by atoms with Crippen molar-refractivity contribution in [2.24, 2.45) is 0 Å². The summed E-state index contributed by atoms with van der Waals surface area (Å²) in [4.78, 5) is 0. The van der Waals surface area contributed by atoms with Crippen LogP contribution in [0, 0.1) is 0 Å². The molecule has 2 rings (SSSR count). The minimum Gasteiger partial charge on any atom is -0.493 e. The standard InChI is InChI=1S/C15H23NOS/c1-4-18-10-11(2)16-12(3)13-5-6-15-14(9-13)7-8-17-15/h5-6,9,11-12,16H,4,7-8,10H2,1-3H3. The lowest BCUT2D eigenvalue weighted by Crippen LogP contribution is -2.30. The molecule has 1 N–H and O–H groups in total. The minimum absolute atomic E-state index is 0.406. The molecule has 1 aromatic rings. The van der Waals surface area contributed by atoms with Gasteiger partial charge in [-0.05, 0) is 36.8 Å². The van der Waals surface area contributed by atoms with Crippen molar-refractivity contribution in [3.63, 3.8) is 0 Å². The van der Waals surface area contributed by atoms with Gasteiger partial charge in [0.05, 0.1) is 6.61 Å². The number of fused-ring (bicyclic) bond motifs is 1. The van der Waals surface area contributed by atoms with Crippen LogP contribution < -0.4 is 10.1 Å². The quantitative estimate of drug-likeness (QED) is 0.851. The molecule has 100 valence electrons. The molecule has 1 aromatic carbocycles. The summed E-state index contributed by atoms with van der Waals surface area (Å²) in [6.45, 7) is 7.55. The van der Waals surface area contributed by atoms with E-state index in [2.05, 4.69) is 44.3 Å². The molecule has 0 saturated heterocycles. The van der Waals surface area contributed by atoms with Crippen LogP contribution in [-0.4, -0.2) is 24.2 Å². The Morgan fingerprint density at radius 1 is 1.39 bits per heavy atom. The van der Waals surface area contributed by atoms with Crippen molar-refractivity contribution in [3.05, 3.63) is 29.3 Å². The molecule has 1 aliphatic heterocycles. The van der Waals surface area contributed by atoms with E-state index in [1.807, 2.05) is 11.8 Å². The highest BCUT2D eigenvalue weighted by atomic mass is 32.2. The second-order valence-electron chi connectivity index (χ2n) is 4.91. The average molecular weight is 265 g/mol. The molecule has 2 atom stereocenters. The summed E-state index contributed by atoms with van der Waals surface area (Å²) in [5.41, 5.74) is 2.73. The molecular formula is C15H23NOS. The van der Waals surface area contributed by atoms with Crippen molar-refractivity contribution in [2.75, 3.05) is 18.1 Å². The molecule has 0 amide bonds. The van der Waals surface area contributed by atoms with Gasteiger partial charge in [-0.1, -0.05) is 19.1 Å². The van der Waals surface area contributed by atoms with Crippen molar-refractivity contribution < 1.29 is 4.74 Å². The Morgan fingerprint density at radius 2 is 2.22 bits per heavy atom. The second kappa shape index (κ2) is 6.48. The predicted molar refractivity (Wildman–Crippen MR) is 79.7 cm³/mol. The van der Waals surface area contributed by atoms with E-state index < -0.39 is 0 Å². The average Bonchev–Trinajstić information content (AvgIpc) is 2.83. The van der Waals surface area contributed by atoms with Crippen LogP contribution in [0.2, 0.25) is 0 Å². The smallest absolute Gasteiger partial charge is 0.122 e. The Kier molecular flexibility index (Phi) is 4.95. The van der Waals surface area contributed by atoms with E-state index in [0.717, 1.165) is 18.8 Å². The summed E-state index contributed by atoms with van der Waals surface area (Å²) in [5.74, 6) is 3.44. The van der Waals surface area contributed by atoms with Gasteiger partial charge in [0, 0.05) is 24.3 Å². The molecule has 3 heteroatoms. The van der Waals surface area contributed by atoms with Crippen LogP contribution in [0.1, 0.15) is 37.9 Å². The van der Waals surface area contributed by atoms with Gasteiger partial charge in [0.15, 0.2) is 0 Å². The maximum Gasteiger partial charge on any atom is 0.122 e. The molecule has 0 spiro atoms. The molecule has 0 aromatic heterocycles. The molecule has 0 radical (unpaired) electrons. The fraction of sp³-hybridized carbons (Fsp3) is 0.600. The van der Waals surface area contributed by atoms with Gasteiger partial charge in [-0.15, -0.1) is 0 Å². The summed E-state index contributed by atoms with van der Waals surface area (Å²) in [6, 6.07) is 7.54. The summed E-state index contributed by atoms with van der Waals surface area (Å²) in [5, 5.41) is 3.66. The fourth-order valence-electron chi connectivity index (χ4n) is 2.34. The first-order valence-corrected chi connectivity index (χ1v) is 7.95. The number of ether oxygens (including phenoxy) is 1. The van der Waals surface area contributed by atoms with Crippen LogP contribution in [0.5, 0.6) is 5.75 Å². The zero-order chi connectivity index (χ0) is 13.0. The van der Waals surface area contributed by atoms with E-state index in [4.69, 9.17) is 4.74 Å². The Hall–Kier alpha value is -0.670. The van der Waals surface area contributed by atoms with Crippen LogP contribution in [0.3, 0.4) is 0 Å². The Bertz CT molecular complexity index is 394. The van der Waals surface area contributed by atoms with E-state index in [-0.39, 0.29) is 0 Å². The number of benzene rings is 1. The van der Waals surface area contributed by atoms with Crippen molar-refractivity contribution >= 4 is 11.8 Å². The number of rotatable bonds is 6. The van der Waals surface area contributed by atoms with Crippen LogP contribution in [-0.2, 0) is 6.42 Å². The molecular weight excluding hydrogens is 242 g/mol. The van der Waals surface area contributed by atoms with Crippen LogP contribution >= 0.6 is 11.8 Å². The van der Waals surface area contributed by atoms with Crippen LogP contribution in [0.4, 0.5) is 0 Å². The first-order valence-electron chi connectivity index (χ1n) is 6.80. The fourth-order valence-corrected chi connectivity index (χ4v) is 3.03.